The van der Waals surface area contributed by atoms with Gasteiger partial charge in [0, 0.05) is 84.1 Å². The third-order valence-electron chi connectivity index (χ3n) is 8.17. The lowest BCUT2D eigenvalue weighted by molar-refractivity contribution is -0.117. The molecule has 4 aromatic rings. The molecule has 0 aliphatic rings. The summed E-state index contributed by atoms with van der Waals surface area (Å²) in [7, 11) is -8.22. The van der Waals surface area contributed by atoms with Crippen LogP contribution in [0.15, 0.2) is 67.0 Å². The summed E-state index contributed by atoms with van der Waals surface area (Å²) < 4.78 is 71.8. The summed E-state index contributed by atoms with van der Waals surface area (Å²) in [6.07, 6.45) is 3.43. The molecule has 0 spiro atoms. The van der Waals surface area contributed by atoms with Gasteiger partial charge in [-0.2, -0.15) is 0 Å². The van der Waals surface area contributed by atoms with Gasteiger partial charge in [-0.3, -0.25) is 33.8 Å². The van der Waals surface area contributed by atoms with Crippen molar-refractivity contribution in [3.05, 3.63) is 80.5 Å². The Labute approximate surface area is 341 Å². The largest absolute Gasteiger partial charge is 0.748 e. The normalized spacial score (nSPS) is 10.7. The van der Waals surface area contributed by atoms with Crippen molar-refractivity contribution in [3.8, 4) is 0 Å². The maximum atomic E-state index is 11.3. The van der Waals surface area contributed by atoms with Crippen LogP contribution < -0.4 is 54.8 Å². The van der Waals surface area contributed by atoms with Gasteiger partial charge in [0.25, 0.3) is 0 Å². The number of benzene rings is 2. The lowest BCUT2D eigenvalue weighted by atomic mass is 10.1. The van der Waals surface area contributed by atoms with E-state index in [-0.39, 0.29) is 34.7 Å². The van der Waals surface area contributed by atoms with E-state index < -0.39 is 20.2 Å². The molecular formula is C38H62N8O10S2. The van der Waals surface area contributed by atoms with Crippen LogP contribution in [0.4, 0.5) is 11.4 Å². The fourth-order valence-corrected chi connectivity index (χ4v) is 6.58. The molecule has 20 heteroatoms. The van der Waals surface area contributed by atoms with Crippen molar-refractivity contribution in [1.29, 1.82) is 0 Å². The van der Waals surface area contributed by atoms with E-state index in [2.05, 4.69) is 83.4 Å². The molecule has 0 unspecified atom stereocenters. The van der Waals surface area contributed by atoms with Crippen LogP contribution in [0.2, 0.25) is 0 Å². The van der Waals surface area contributed by atoms with Gasteiger partial charge in [-0.15, -0.1) is 0 Å². The molecule has 18 nitrogen and oxygen atoms in total. The molecule has 0 aliphatic carbocycles. The van der Waals surface area contributed by atoms with Crippen LogP contribution in [0.25, 0.3) is 21.9 Å². The Bertz CT molecular complexity index is 2050. The number of guanidine groups is 2. The molecule has 0 saturated heterocycles. The van der Waals surface area contributed by atoms with Gasteiger partial charge in [0.05, 0.1) is 20.2 Å². The molecule has 2 aromatic carbocycles. The molecule has 0 radical (unpaired) electrons. The van der Waals surface area contributed by atoms with Gasteiger partial charge in [0.15, 0.2) is 0 Å². The van der Waals surface area contributed by atoms with Crippen LogP contribution in [-0.4, -0.2) is 75.5 Å². The van der Waals surface area contributed by atoms with Crippen molar-refractivity contribution in [3.63, 3.8) is 0 Å². The lowest BCUT2D eigenvalue weighted by Gasteiger charge is -2.21. The molecule has 0 aliphatic heterocycles. The highest BCUT2D eigenvalue weighted by Gasteiger charge is 2.08. The highest BCUT2D eigenvalue weighted by molar-refractivity contribution is 7.85. The van der Waals surface area contributed by atoms with Gasteiger partial charge >= 0.3 is 23.2 Å². The lowest BCUT2D eigenvalue weighted by Crippen LogP contribution is -2.51. The molecule has 326 valence electrons. The van der Waals surface area contributed by atoms with E-state index in [0.717, 1.165) is 72.3 Å². The Morgan fingerprint density at radius 2 is 0.845 bits per heavy atom. The van der Waals surface area contributed by atoms with E-state index in [1.807, 2.05) is 38.1 Å². The van der Waals surface area contributed by atoms with Gasteiger partial charge in [-0.25, -0.2) is 26.4 Å². The van der Waals surface area contributed by atoms with Crippen molar-refractivity contribution in [2.24, 2.45) is 22.9 Å². The van der Waals surface area contributed by atoms with Gasteiger partial charge < -0.3 is 27.7 Å². The molecule has 0 bridgehead atoms. The van der Waals surface area contributed by atoms with Crippen molar-refractivity contribution < 1.29 is 45.6 Å². The average molecular weight is 855 g/mol. The molecule has 0 saturated carbocycles. The van der Waals surface area contributed by atoms with Crippen molar-refractivity contribution in [2.45, 2.75) is 80.1 Å². The van der Waals surface area contributed by atoms with Crippen LogP contribution in [0.5, 0.6) is 0 Å². The Hall–Kier alpha value is -5.18. The number of unbranched alkanes of at least 4 members (excludes halogenated alkanes) is 5. The van der Waals surface area contributed by atoms with Crippen molar-refractivity contribution >= 4 is 65.5 Å². The van der Waals surface area contributed by atoms with Crippen molar-refractivity contribution in [1.82, 2.24) is 0 Å². The molecule has 58 heavy (non-hydrogen) atoms. The fraction of sp³-hybridized carbons (Fsp3) is 0.474. The SMILES string of the molecule is CCN(CC)c1ccc2c(C)cc(=O)oc2c1.CCN(CC)c1ccc2c(C)cc(=O)oc2c1.NC(N)=[NH2+].NC(N)=[NH2+].O=S(=O)([O-])CCCCCCCCS(=O)(=O)[O-]. The first-order valence-electron chi connectivity index (χ1n) is 18.7. The molecule has 2 heterocycles. The summed E-state index contributed by atoms with van der Waals surface area (Å²) in [4.78, 5) is 27.1. The smallest absolute Gasteiger partial charge is 0.336 e. The second kappa shape index (κ2) is 26.7. The number of fused-ring (bicyclic) bond motifs is 2. The predicted molar refractivity (Wildman–Crippen MR) is 229 cm³/mol. The van der Waals surface area contributed by atoms with Crippen LogP contribution >= 0.6 is 0 Å². The van der Waals surface area contributed by atoms with Gasteiger partial charge in [-0.05, 0) is 89.8 Å². The number of anilines is 2. The number of nitrogens with two attached hydrogens (primary N) is 6. The summed E-state index contributed by atoms with van der Waals surface area (Å²) in [5.41, 5.74) is 23.2. The maximum Gasteiger partial charge on any atom is 0.336 e. The first-order valence-corrected chi connectivity index (χ1v) is 21.9. The highest BCUT2D eigenvalue weighted by atomic mass is 32.2. The zero-order chi connectivity index (χ0) is 44.6. The standard InChI is InChI=1S/2C14H17NO2.C8H18O6S2.2CH5N3/c2*1-4-15(5-2)11-6-7-12-10(3)8-14(16)17-13(12)9-11;9-15(10,11)7-5-3-1-2-4-6-8-16(12,13)14;2*2-1(3)4/h2*6-9H,4-5H2,1-3H3;1-8H2,(H,9,10,11)(H,12,13,14);2*(H5,2,3,4). The zero-order valence-corrected chi connectivity index (χ0v) is 36.0. The average Bonchev–Trinajstić information content (AvgIpc) is 3.09. The van der Waals surface area contributed by atoms with Crippen LogP contribution in [-0.2, 0) is 20.2 Å². The number of hydrogen-bond donors (Lipinski definition) is 6. The van der Waals surface area contributed by atoms with Gasteiger partial charge in [0.2, 0.25) is 0 Å². The Kier molecular flexibility index (Phi) is 24.3. The van der Waals surface area contributed by atoms with Gasteiger partial charge in [0.1, 0.15) is 11.2 Å². The zero-order valence-electron chi connectivity index (χ0n) is 34.4. The quantitative estimate of drug-likeness (QED) is 0.0309. The third-order valence-corrected chi connectivity index (χ3v) is 9.74. The van der Waals surface area contributed by atoms with Crippen LogP contribution in [0.1, 0.15) is 77.3 Å². The molecular weight excluding hydrogens is 793 g/mol. The topological polar surface area (TPSA) is 337 Å². The van der Waals surface area contributed by atoms with Crippen molar-refractivity contribution in [2.75, 3.05) is 47.5 Å². The summed E-state index contributed by atoms with van der Waals surface area (Å²) >= 11 is 0. The number of aryl methyl sites for hydroxylation is 2. The van der Waals surface area contributed by atoms with E-state index in [1.54, 1.807) is 0 Å². The van der Waals surface area contributed by atoms with E-state index in [4.69, 9.17) is 8.83 Å². The second-order valence-corrected chi connectivity index (χ2v) is 15.9. The minimum atomic E-state index is -4.11. The minimum absolute atomic E-state index is 0.0833. The first-order chi connectivity index (χ1) is 27.0. The number of nitrogens with zero attached hydrogens (tertiary/aromatic N) is 2. The van der Waals surface area contributed by atoms with E-state index >= 15 is 0 Å². The van der Waals surface area contributed by atoms with E-state index in [1.165, 1.54) is 12.1 Å². The molecule has 2 aromatic heterocycles. The van der Waals surface area contributed by atoms with Crippen LogP contribution in [0, 0.1) is 13.8 Å². The Balaban J connectivity index is 0.000000767. The number of hydrogen-bond acceptors (Lipinski definition) is 12. The summed E-state index contributed by atoms with van der Waals surface area (Å²) in [6, 6.07) is 15.1. The molecule has 4 rings (SSSR count). The first kappa shape index (κ1) is 52.8. The van der Waals surface area contributed by atoms with Gasteiger partial charge in [-0.1, -0.05) is 25.7 Å². The third kappa shape index (κ3) is 23.1. The molecule has 12 N–H and O–H groups in total. The summed E-state index contributed by atoms with van der Waals surface area (Å²) in [5, 5.41) is 11.2. The maximum absolute atomic E-state index is 11.3. The Morgan fingerprint density at radius 1 is 0.569 bits per heavy atom. The highest BCUT2D eigenvalue weighted by Crippen LogP contribution is 2.24. The monoisotopic (exact) mass is 854 g/mol. The van der Waals surface area contributed by atoms with E-state index in [0.29, 0.717) is 36.8 Å². The number of rotatable bonds is 15. The summed E-state index contributed by atoms with van der Waals surface area (Å²) in [6.45, 7) is 16.1. The second-order valence-electron chi connectivity index (χ2n) is 12.8. The van der Waals surface area contributed by atoms with Crippen LogP contribution in [0.3, 0.4) is 0 Å². The summed E-state index contributed by atoms with van der Waals surface area (Å²) in [5.74, 6) is -0.857. The fourth-order valence-electron chi connectivity index (χ4n) is 5.46. The Morgan fingerprint density at radius 3 is 1.10 bits per heavy atom. The predicted octanol–water partition coefficient (Wildman–Crippen LogP) is 0.350. The minimum Gasteiger partial charge on any atom is -0.748 e. The molecule has 0 fully saturated rings. The molecule has 0 amide bonds. The van der Waals surface area contributed by atoms with E-state index in [9.17, 15) is 35.5 Å². The molecule has 0 atom stereocenters.